The summed E-state index contributed by atoms with van der Waals surface area (Å²) < 4.78 is 0. The molecule has 0 aliphatic rings. The average molecular weight is 257 g/mol. The number of nitrogens with one attached hydrogen (secondary N) is 1. The number of H-pyrrole nitrogens is 1. The number of aliphatic hydroxyl groups is 1. The summed E-state index contributed by atoms with van der Waals surface area (Å²) in [5, 5.41) is 11.5. The van der Waals surface area contributed by atoms with E-state index < -0.39 is 6.10 Å². The van der Waals surface area contributed by atoms with E-state index in [1.54, 1.807) is 11.3 Å². The molecule has 3 rings (SSSR count). The van der Waals surface area contributed by atoms with Crippen molar-refractivity contribution in [1.29, 1.82) is 0 Å². The van der Waals surface area contributed by atoms with Crippen molar-refractivity contribution in [1.82, 2.24) is 4.98 Å². The first-order valence-corrected chi connectivity index (χ1v) is 6.93. The number of aryl methyl sites for hydroxylation is 1. The molecule has 3 aromatic rings. The predicted molar refractivity (Wildman–Crippen MR) is 76.1 cm³/mol. The normalized spacial score (nSPS) is 13.0. The van der Waals surface area contributed by atoms with Crippen molar-refractivity contribution in [3.63, 3.8) is 0 Å². The lowest BCUT2D eigenvalue weighted by Gasteiger charge is -2.09. The van der Waals surface area contributed by atoms with Crippen LogP contribution in [0.2, 0.25) is 0 Å². The maximum absolute atomic E-state index is 10.4. The molecule has 2 N–H and O–H groups in total. The van der Waals surface area contributed by atoms with Crippen LogP contribution in [0.15, 0.2) is 42.6 Å². The first-order valence-electron chi connectivity index (χ1n) is 6.11. The Morgan fingerprint density at radius 2 is 2.11 bits per heavy atom. The Balaban J connectivity index is 1.97. The SMILES string of the molecule is CCc1ccc(C(O)c2ccc3[nH]ccc3c2)s1. The van der Waals surface area contributed by atoms with E-state index in [1.165, 1.54) is 4.88 Å². The van der Waals surface area contributed by atoms with E-state index in [1.807, 2.05) is 36.5 Å². The zero-order chi connectivity index (χ0) is 12.5. The number of aromatic amines is 1. The lowest BCUT2D eigenvalue weighted by molar-refractivity contribution is 0.224. The van der Waals surface area contributed by atoms with Gasteiger partial charge in [-0.05, 0) is 47.7 Å². The number of hydrogen-bond donors (Lipinski definition) is 2. The summed E-state index contributed by atoms with van der Waals surface area (Å²) in [6, 6.07) is 12.2. The molecule has 1 aromatic carbocycles. The van der Waals surface area contributed by atoms with Gasteiger partial charge in [0.1, 0.15) is 6.10 Å². The smallest absolute Gasteiger partial charge is 0.113 e. The van der Waals surface area contributed by atoms with Crippen LogP contribution >= 0.6 is 11.3 Å². The summed E-state index contributed by atoms with van der Waals surface area (Å²) in [7, 11) is 0. The number of aromatic nitrogens is 1. The van der Waals surface area contributed by atoms with E-state index in [-0.39, 0.29) is 0 Å². The molecule has 18 heavy (non-hydrogen) atoms. The van der Waals surface area contributed by atoms with Gasteiger partial charge in [0.15, 0.2) is 0 Å². The first kappa shape index (κ1) is 11.5. The summed E-state index contributed by atoms with van der Waals surface area (Å²) in [6.07, 6.45) is 2.42. The minimum atomic E-state index is -0.519. The molecule has 1 atom stereocenters. The van der Waals surface area contributed by atoms with Crippen molar-refractivity contribution in [2.75, 3.05) is 0 Å². The molecule has 2 heterocycles. The molecule has 1 unspecified atom stereocenters. The summed E-state index contributed by atoms with van der Waals surface area (Å²) in [5.41, 5.74) is 2.05. The van der Waals surface area contributed by atoms with Gasteiger partial charge in [0, 0.05) is 21.5 Å². The molecular formula is C15H15NOS. The van der Waals surface area contributed by atoms with Crippen LogP contribution in [0.5, 0.6) is 0 Å². The third-order valence-electron chi connectivity index (χ3n) is 3.19. The third kappa shape index (κ3) is 1.96. The minimum Gasteiger partial charge on any atom is -0.383 e. The fourth-order valence-electron chi connectivity index (χ4n) is 2.14. The Morgan fingerprint density at radius 1 is 1.22 bits per heavy atom. The molecule has 0 saturated carbocycles. The molecule has 0 aliphatic carbocycles. The molecule has 0 saturated heterocycles. The van der Waals surface area contributed by atoms with Gasteiger partial charge in [-0.2, -0.15) is 0 Å². The van der Waals surface area contributed by atoms with Gasteiger partial charge < -0.3 is 10.1 Å². The number of rotatable bonds is 3. The van der Waals surface area contributed by atoms with Crippen LogP contribution in [0.25, 0.3) is 10.9 Å². The Labute approximate surface area is 110 Å². The zero-order valence-corrected chi connectivity index (χ0v) is 11.0. The van der Waals surface area contributed by atoms with E-state index in [0.717, 1.165) is 27.8 Å². The number of hydrogen-bond acceptors (Lipinski definition) is 2. The summed E-state index contributed by atoms with van der Waals surface area (Å²) in [5.74, 6) is 0. The van der Waals surface area contributed by atoms with Crippen LogP contribution in [0.4, 0.5) is 0 Å². The maximum Gasteiger partial charge on any atom is 0.113 e. The van der Waals surface area contributed by atoms with Gasteiger partial charge in [-0.3, -0.25) is 0 Å². The lowest BCUT2D eigenvalue weighted by Crippen LogP contribution is -1.96. The number of benzene rings is 1. The van der Waals surface area contributed by atoms with Crippen molar-refractivity contribution in [2.45, 2.75) is 19.4 Å². The molecule has 0 spiro atoms. The van der Waals surface area contributed by atoms with Crippen LogP contribution in [-0.2, 0) is 6.42 Å². The van der Waals surface area contributed by atoms with E-state index in [9.17, 15) is 5.11 Å². The highest BCUT2D eigenvalue weighted by Crippen LogP contribution is 2.30. The van der Waals surface area contributed by atoms with Gasteiger partial charge in [-0.25, -0.2) is 0 Å². The van der Waals surface area contributed by atoms with Gasteiger partial charge in [-0.1, -0.05) is 13.0 Å². The molecule has 0 bridgehead atoms. The van der Waals surface area contributed by atoms with Crippen molar-refractivity contribution in [3.8, 4) is 0 Å². The molecule has 2 nitrogen and oxygen atoms in total. The van der Waals surface area contributed by atoms with E-state index in [2.05, 4.69) is 18.0 Å². The highest BCUT2D eigenvalue weighted by atomic mass is 32.1. The van der Waals surface area contributed by atoms with E-state index >= 15 is 0 Å². The van der Waals surface area contributed by atoms with Gasteiger partial charge >= 0.3 is 0 Å². The van der Waals surface area contributed by atoms with E-state index in [0.29, 0.717) is 0 Å². The quantitative estimate of drug-likeness (QED) is 0.734. The minimum absolute atomic E-state index is 0.519. The molecular weight excluding hydrogens is 242 g/mol. The number of thiophene rings is 1. The Bertz CT molecular complexity index is 668. The Hall–Kier alpha value is -1.58. The molecule has 92 valence electrons. The van der Waals surface area contributed by atoms with Gasteiger partial charge in [0.2, 0.25) is 0 Å². The third-order valence-corrected chi connectivity index (χ3v) is 4.48. The molecule has 2 aromatic heterocycles. The molecule has 3 heteroatoms. The van der Waals surface area contributed by atoms with Crippen molar-refractivity contribution in [3.05, 3.63) is 57.9 Å². The maximum atomic E-state index is 10.4. The fourth-order valence-corrected chi connectivity index (χ4v) is 3.10. The second kappa shape index (κ2) is 4.59. The monoisotopic (exact) mass is 257 g/mol. The molecule has 0 aliphatic heterocycles. The van der Waals surface area contributed by atoms with E-state index in [4.69, 9.17) is 0 Å². The molecule has 0 fully saturated rings. The number of aliphatic hydroxyl groups excluding tert-OH is 1. The lowest BCUT2D eigenvalue weighted by atomic mass is 10.1. The first-order chi connectivity index (χ1) is 8.78. The average Bonchev–Trinajstić information content (AvgIpc) is 3.05. The van der Waals surface area contributed by atoms with Crippen LogP contribution < -0.4 is 0 Å². The van der Waals surface area contributed by atoms with Crippen molar-refractivity contribution in [2.24, 2.45) is 0 Å². The van der Waals surface area contributed by atoms with Gasteiger partial charge in [0.05, 0.1) is 0 Å². The second-order valence-corrected chi connectivity index (χ2v) is 5.58. The summed E-state index contributed by atoms with van der Waals surface area (Å²) in [6.45, 7) is 2.13. The topological polar surface area (TPSA) is 36.0 Å². The summed E-state index contributed by atoms with van der Waals surface area (Å²) in [4.78, 5) is 5.49. The van der Waals surface area contributed by atoms with Crippen molar-refractivity contribution < 1.29 is 5.11 Å². The molecule has 0 amide bonds. The van der Waals surface area contributed by atoms with Crippen LogP contribution in [0.3, 0.4) is 0 Å². The number of fused-ring (bicyclic) bond motifs is 1. The highest BCUT2D eigenvalue weighted by molar-refractivity contribution is 7.12. The largest absolute Gasteiger partial charge is 0.383 e. The van der Waals surface area contributed by atoms with Crippen LogP contribution in [0, 0.1) is 0 Å². The van der Waals surface area contributed by atoms with Crippen molar-refractivity contribution >= 4 is 22.2 Å². The predicted octanol–water partition coefficient (Wildman–Crippen LogP) is 3.87. The Morgan fingerprint density at radius 3 is 2.89 bits per heavy atom. The fraction of sp³-hybridized carbons (Fsp3) is 0.200. The Kier molecular flexibility index (Phi) is 2.94. The summed E-state index contributed by atoms with van der Waals surface area (Å²) >= 11 is 1.69. The van der Waals surface area contributed by atoms with Crippen LogP contribution in [-0.4, -0.2) is 10.1 Å². The molecule has 0 radical (unpaired) electrons. The van der Waals surface area contributed by atoms with Gasteiger partial charge in [0.25, 0.3) is 0 Å². The zero-order valence-electron chi connectivity index (χ0n) is 10.2. The van der Waals surface area contributed by atoms with Gasteiger partial charge in [-0.15, -0.1) is 11.3 Å². The second-order valence-electron chi connectivity index (χ2n) is 4.38. The highest BCUT2D eigenvalue weighted by Gasteiger charge is 2.13. The standard InChI is InChI=1S/C15H15NOS/c1-2-12-4-6-14(18-12)15(17)11-3-5-13-10(9-11)7-8-16-13/h3-9,15-17H,2H2,1H3. The van der Waals surface area contributed by atoms with Crippen LogP contribution in [0.1, 0.15) is 28.3 Å².